The van der Waals surface area contributed by atoms with Gasteiger partial charge in [0.05, 0.1) is 6.10 Å². The molecule has 0 spiro atoms. The molecule has 0 radical (unpaired) electrons. The zero-order valence-electron chi connectivity index (χ0n) is 10.4. The number of hydrogen-bond donors (Lipinski definition) is 2. The van der Waals surface area contributed by atoms with Gasteiger partial charge in [-0.25, -0.2) is 0 Å². The van der Waals surface area contributed by atoms with Gasteiger partial charge in [0.2, 0.25) is 5.91 Å². The number of β-lactam (4-membered cyclic amide) rings is 1. The van der Waals surface area contributed by atoms with E-state index in [1.54, 1.807) is 0 Å². The number of aliphatic hydroxyl groups is 1. The minimum Gasteiger partial charge on any atom is -0.392 e. The van der Waals surface area contributed by atoms with Crippen LogP contribution in [0.15, 0.2) is 0 Å². The molecule has 1 aliphatic heterocycles. The van der Waals surface area contributed by atoms with Gasteiger partial charge in [0.1, 0.15) is 0 Å². The highest BCUT2D eigenvalue weighted by Gasteiger charge is 2.27. The van der Waals surface area contributed by atoms with Gasteiger partial charge >= 0.3 is 0 Å². The first kappa shape index (κ1) is 13.5. The smallest absolute Gasteiger partial charge is 0.222 e. The molecular formula is C12H24N2O2. The average molecular weight is 228 g/mol. The Bertz CT molecular complexity index is 207. The molecule has 1 fully saturated rings. The van der Waals surface area contributed by atoms with Crippen molar-refractivity contribution in [1.82, 2.24) is 10.2 Å². The molecule has 2 atom stereocenters. The fraction of sp³-hybridized carbons (Fsp3) is 0.917. The van der Waals surface area contributed by atoms with Crippen LogP contribution >= 0.6 is 0 Å². The van der Waals surface area contributed by atoms with E-state index in [2.05, 4.69) is 24.1 Å². The highest BCUT2D eigenvalue weighted by atomic mass is 16.3. The SMILES string of the molecule is CCCN(CCC)CC(O)CC1CC(=O)N1. The summed E-state index contributed by atoms with van der Waals surface area (Å²) in [5, 5.41) is 12.7. The van der Waals surface area contributed by atoms with Crippen LogP contribution in [0.25, 0.3) is 0 Å². The second-order valence-corrected chi connectivity index (χ2v) is 4.66. The largest absolute Gasteiger partial charge is 0.392 e. The average Bonchev–Trinajstić information content (AvgIpc) is 2.16. The molecule has 94 valence electrons. The van der Waals surface area contributed by atoms with Gasteiger partial charge in [-0.1, -0.05) is 13.8 Å². The Morgan fingerprint density at radius 3 is 2.44 bits per heavy atom. The van der Waals surface area contributed by atoms with E-state index in [1.807, 2.05) is 0 Å². The first-order chi connectivity index (χ1) is 7.65. The summed E-state index contributed by atoms with van der Waals surface area (Å²) in [4.78, 5) is 13.0. The summed E-state index contributed by atoms with van der Waals surface area (Å²) in [7, 11) is 0. The van der Waals surface area contributed by atoms with Crippen LogP contribution in [0, 0.1) is 0 Å². The second-order valence-electron chi connectivity index (χ2n) is 4.66. The van der Waals surface area contributed by atoms with Gasteiger partial charge in [-0.15, -0.1) is 0 Å². The number of amides is 1. The van der Waals surface area contributed by atoms with Crippen LogP contribution in [0.2, 0.25) is 0 Å². The van der Waals surface area contributed by atoms with Crippen molar-refractivity contribution in [2.75, 3.05) is 19.6 Å². The molecule has 0 aromatic carbocycles. The van der Waals surface area contributed by atoms with Gasteiger partial charge in [0, 0.05) is 19.0 Å². The Balaban J connectivity index is 2.19. The third-order valence-corrected chi connectivity index (χ3v) is 2.90. The van der Waals surface area contributed by atoms with Gasteiger partial charge in [-0.2, -0.15) is 0 Å². The maximum atomic E-state index is 10.7. The lowest BCUT2D eigenvalue weighted by Gasteiger charge is -2.31. The van der Waals surface area contributed by atoms with Crippen LogP contribution in [-0.4, -0.2) is 47.7 Å². The molecule has 16 heavy (non-hydrogen) atoms. The van der Waals surface area contributed by atoms with Gasteiger partial charge in [-0.05, 0) is 32.4 Å². The molecule has 2 N–H and O–H groups in total. The van der Waals surface area contributed by atoms with Gasteiger partial charge in [0.15, 0.2) is 0 Å². The van der Waals surface area contributed by atoms with Crippen molar-refractivity contribution >= 4 is 5.91 Å². The molecule has 0 saturated carbocycles. The van der Waals surface area contributed by atoms with E-state index in [0.717, 1.165) is 32.5 Å². The lowest BCUT2D eigenvalue weighted by Crippen LogP contribution is -2.51. The molecule has 0 bridgehead atoms. The molecule has 1 aliphatic rings. The Labute approximate surface area is 98.0 Å². The Kier molecular flexibility index (Phi) is 5.77. The molecule has 0 aromatic heterocycles. The molecule has 1 heterocycles. The summed E-state index contributed by atoms with van der Waals surface area (Å²) in [6, 6.07) is 0.201. The summed E-state index contributed by atoms with van der Waals surface area (Å²) < 4.78 is 0. The third-order valence-electron chi connectivity index (χ3n) is 2.90. The van der Waals surface area contributed by atoms with E-state index in [0.29, 0.717) is 12.8 Å². The number of carbonyl (C=O) groups is 1. The molecule has 4 nitrogen and oxygen atoms in total. The minimum atomic E-state index is -0.316. The maximum Gasteiger partial charge on any atom is 0.222 e. The van der Waals surface area contributed by atoms with Gasteiger partial charge in [0.25, 0.3) is 0 Å². The summed E-state index contributed by atoms with van der Waals surface area (Å²) in [6.07, 6.45) is 3.19. The first-order valence-electron chi connectivity index (χ1n) is 6.35. The standard InChI is InChI=1S/C12H24N2O2/c1-3-5-14(6-4-2)9-11(15)7-10-8-12(16)13-10/h10-11,15H,3-9H2,1-2H3,(H,13,16). The van der Waals surface area contributed by atoms with E-state index >= 15 is 0 Å². The predicted molar refractivity (Wildman–Crippen MR) is 64.2 cm³/mol. The molecule has 2 unspecified atom stereocenters. The molecular weight excluding hydrogens is 204 g/mol. The number of carbonyl (C=O) groups excluding carboxylic acids is 1. The molecule has 1 rings (SSSR count). The lowest BCUT2D eigenvalue weighted by molar-refractivity contribution is -0.128. The first-order valence-corrected chi connectivity index (χ1v) is 6.35. The fourth-order valence-electron chi connectivity index (χ4n) is 2.20. The van der Waals surface area contributed by atoms with Crippen molar-refractivity contribution in [3.8, 4) is 0 Å². The summed E-state index contributed by atoms with van der Waals surface area (Å²) in [5.74, 6) is 0.108. The van der Waals surface area contributed by atoms with Crippen molar-refractivity contribution in [2.45, 2.75) is 51.7 Å². The van der Waals surface area contributed by atoms with E-state index in [9.17, 15) is 9.90 Å². The van der Waals surface area contributed by atoms with Crippen molar-refractivity contribution < 1.29 is 9.90 Å². The Hall–Kier alpha value is -0.610. The van der Waals surface area contributed by atoms with Crippen LogP contribution in [0.5, 0.6) is 0 Å². The van der Waals surface area contributed by atoms with Crippen molar-refractivity contribution in [2.24, 2.45) is 0 Å². The van der Waals surface area contributed by atoms with Crippen LogP contribution in [0.3, 0.4) is 0 Å². The lowest BCUT2D eigenvalue weighted by atomic mass is 9.99. The molecule has 4 heteroatoms. The van der Waals surface area contributed by atoms with Gasteiger partial charge in [-0.3, -0.25) is 4.79 Å². The highest BCUT2D eigenvalue weighted by Crippen LogP contribution is 2.12. The predicted octanol–water partition coefficient (Wildman–Crippen LogP) is 0.748. The zero-order chi connectivity index (χ0) is 12.0. The Morgan fingerprint density at radius 2 is 2.00 bits per heavy atom. The molecule has 1 amide bonds. The summed E-state index contributed by atoms with van der Waals surface area (Å²) in [5.41, 5.74) is 0. The van der Waals surface area contributed by atoms with Crippen LogP contribution in [-0.2, 0) is 4.79 Å². The number of nitrogens with one attached hydrogen (secondary N) is 1. The van der Waals surface area contributed by atoms with E-state index in [4.69, 9.17) is 0 Å². The maximum absolute atomic E-state index is 10.7. The zero-order valence-corrected chi connectivity index (χ0v) is 10.4. The van der Waals surface area contributed by atoms with Crippen molar-refractivity contribution in [3.05, 3.63) is 0 Å². The quantitative estimate of drug-likeness (QED) is 0.603. The topological polar surface area (TPSA) is 52.6 Å². The fourth-order valence-corrected chi connectivity index (χ4v) is 2.20. The van der Waals surface area contributed by atoms with E-state index < -0.39 is 0 Å². The van der Waals surface area contributed by atoms with E-state index in [1.165, 1.54) is 0 Å². The summed E-state index contributed by atoms with van der Waals surface area (Å²) >= 11 is 0. The van der Waals surface area contributed by atoms with E-state index in [-0.39, 0.29) is 18.1 Å². The van der Waals surface area contributed by atoms with Crippen molar-refractivity contribution in [3.63, 3.8) is 0 Å². The normalized spacial score (nSPS) is 21.8. The van der Waals surface area contributed by atoms with Crippen LogP contribution < -0.4 is 5.32 Å². The minimum absolute atomic E-state index is 0.108. The monoisotopic (exact) mass is 228 g/mol. The number of aliphatic hydroxyl groups excluding tert-OH is 1. The molecule has 1 saturated heterocycles. The third kappa shape index (κ3) is 4.49. The number of hydrogen-bond acceptors (Lipinski definition) is 3. The summed E-state index contributed by atoms with van der Waals surface area (Å²) in [6.45, 7) is 7.13. The second kappa shape index (κ2) is 6.86. The molecule has 0 aliphatic carbocycles. The van der Waals surface area contributed by atoms with Crippen LogP contribution in [0.4, 0.5) is 0 Å². The Morgan fingerprint density at radius 1 is 1.44 bits per heavy atom. The van der Waals surface area contributed by atoms with Gasteiger partial charge < -0.3 is 15.3 Å². The number of nitrogens with zero attached hydrogens (tertiary/aromatic N) is 1. The number of rotatable bonds is 8. The highest BCUT2D eigenvalue weighted by molar-refractivity contribution is 5.82. The van der Waals surface area contributed by atoms with Crippen molar-refractivity contribution in [1.29, 1.82) is 0 Å². The molecule has 0 aromatic rings. The van der Waals surface area contributed by atoms with Crippen LogP contribution in [0.1, 0.15) is 39.5 Å².